The van der Waals surface area contributed by atoms with Crippen molar-refractivity contribution >= 4 is 16.7 Å². The third kappa shape index (κ3) is 3.48. The zero-order valence-electron chi connectivity index (χ0n) is 12.6. The number of Topliss-reactive ketones (excluding diaryl/α,β-unsaturated/α-hetero) is 1. The quantitative estimate of drug-likeness (QED) is 0.873. The van der Waals surface area contributed by atoms with Crippen molar-refractivity contribution in [2.24, 2.45) is 5.92 Å². The molecule has 1 atom stereocenters. The number of benzene rings is 1. The average Bonchev–Trinajstić information content (AvgIpc) is 2.53. The minimum absolute atomic E-state index is 0.253. The van der Waals surface area contributed by atoms with Crippen LogP contribution in [-0.2, 0) is 0 Å². The van der Waals surface area contributed by atoms with Gasteiger partial charge in [-0.25, -0.2) is 0 Å². The Morgan fingerprint density at radius 2 is 2.24 bits per heavy atom. The molecule has 1 saturated heterocycles. The van der Waals surface area contributed by atoms with Crippen molar-refractivity contribution in [3.05, 3.63) is 41.6 Å². The Morgan fingerprint density at radius 1 is 1.33 bits per heavy atom. The number of nitrogens with one attached hydrogen (secondary N) is 1. The molecule has 1 N–H and O–H groups in total. The monoisotopic (exact) mass is 282 g/mol. The van der Waals surface area contributed by atoms with Gasteiger partial charge in [-0.2, -0.15) is 0 Å². The lowest BCUT2D eigenvalue weighted by molar-refractivity contribution is 0.0971. The van der Waals surface area contributed by atoms with Gasteiger partial charge in [0.15, 0.2) is 5.78 Å². The van der Waals surface area contributed by atoms with Gasteiger partial charge >= 0.3 is 0 Å². The molecule has 0 radical (unpaired) electrons. The van der Waals surface area contributed by atoms with Crippen molar-refractivity contribution in [2.75, 3.05) is 13.1 Å². The summed E-state index contributed by atoms with van der Waals surface area (Å²) in [5.74, 6) is 0.913. The van der Waals surface area contributed by atoms with Crippen molar-refractivity contribution in [1.29, 1.82) is 0 Å². The normalized spacial score (nSPS) is 18.8. The number of aryl methyl sites for hydroxylation is 1. The van der Waals surface area contributed by atoms with Gasteiger partial charge in [0.05, 0.1) is 5.52 Å². The number of piperidine rings is 1. The lowest BCUT2D eigenvalue weighted by Crippen LogP contribution is -2.30. The second kappa shape index (κ2) is 6.35. The molecule has 1 aliphatic heterocycles. The Balaban J connectivity index is 1.67. The van der Waals surface area contributed by atoms with E-state index >= 15 is 0 Å². The highest BCUT2D eigenvalue weighted by Crippen LogP contribution is 2.20. The fourth-order valence-electron chi connectivity index (χ4n) is 3.05. The van der Waals surface area contributed by atoms with Crippen LogP contribution in [0.4, 0.5) is 0 Å². The first-order valence-electron chi connectivity index (χ1n) is 7.84. The molecule has 1 unspecified atom stereocenters. The van der Waals surface area contributed by atoms with Gasteiger partial charge in [0.1, 0.15) is 0 Å². The molecule has 110 valence electrons. The fraction of sp³-hybridized carbons (Fsp3) is 0.444. The van der Waals surface area contributed by atoms with E-state index in [1.807, 2.05) is 37.3 Å². The van der Waals surface area contributed by atoms with Crippen molar-refractivity contribution in [3.8, 4) is 0 Å². The standard InChI is InChI=1S/C18H22N2O/c1-13-4-6-15-11-16(7-8-17(15)20-13)18(21)9-5-14-3-2-10-19-12-14/h4,6-8,11,14,19H,2-3,5,9-10,12H2,1H3. The summed E-state index contributed by atoms with van der Waals surface area (Å²) in [6.45, 7) is 4.17. The topological polar surface area (TPSA) is 42.0 Å². The summed E-state index contributed by atoms with van der Waals surface area (Å²) in [6, 6.07) is 9.88. The summed E-state index contributed by atoms with van der Waals surface area (Å²) >= 11 is 0. The maximum Gasteiger partial charge on any atom is 0.162 e. The van der Waals surface area contributed by atoms with E-state index in [4.69, 9.17) is 0 Å². The summed E-state index contributed by atoms with van der Waals surface area (Å²) in [6.07, 6.45) is 4.13. The van der Waals surface area contributed by atoms with Gasteiger partial charge < -0.3 is 5.32 Å². The molecule has 21 heavy (non-hydrogen) atoms. The summed E-state index contributed by atoms with van der Waals surface area (Å²) < 4.78 is 0. The predicted octanol–water partition coefficient (Wildman–Crippen LogP) is 3.51. The summed E-state index contributed by atoms with van der Waals surface area (Å²) in [4.78, 5) is 16.8. The minimum Gasteiger partial charge on any atom is -0.316 e. The van der Waals surface area contributed by atoms with E-state index in [2.05, 4.69) is 10.3 Å². The molecular weight excluding hydrogens is 260 g/mol. The van der Waals surface area contributed by atoms with Gasteiger partial charge in [-0.3, -0.25) is 9.78 Å². The summed E-state index contributed by atoms with van der Waals surface area (Å²) in [5, 5.41) is 4.46. The molecule has 3 heteroatoms. The molecule has 1 fully saturated rings. The molecule has 1 aromatic carbocycles. The second-order valence-electron chi connectivity index (χ2n) is 6.03. The Morgan fingerprint density at radius 3 is 3.05 bits per heavy atom. The summed E-state index contributed by atoms with van der Waals surface area (Å²) in [5.41, 5.74) is 2.78. The molecule has 0 saturated carbocycles. The van der Waals surface area contributed by atoms with Gasteiger partial charge in [-0.05, 0) is 69.5 Å². The van der Waals surface area contributed by atoms with E-state index in [9.17, 15) is 4.79 Å². The van der Waals surface area contributed by atoms with E-state index in [1.165, 1.54) is 12.8 Å². The third-order valence-electron chi connectivity index (χ3n) is 4.33. The lowest BCUT2D eigenvalue weighted by Gasteiger charge is -2.22. The number of aromatic nitrogens is 1. The Labute approximate surface area is 125 Å². The lowest BCUT2D eigenvalue weighted by atomic mass is 9.92. The number of hydrogen-bond acceptors (Lipinski definition) is 3. The number of carbonyl (C=O) groups excluding carboxylic acids is 1. The molecule has 1 aromatic heterocycles. The maximum absolute atomic E-state index is 12.4. The van der Waals surface area contributed by atoms with Crippen molar-refractivity contribution in [2.45, 2.75) is 32.6 Å². The molecule has 3 nitrogen and oxygen atoms in total. The largest absolute Gasteiger partial charge is 0.316 e. The van der Waals surface area contributed by atoms with E-state index < -0.39 is 0 Å². The molecule has 3 rings (SSSR count). The maximum atomic E-state index is 12.4. The number of nitrogens with zero attached hydrogens (tertiary/aromatic N) is 1. The highest BCUT2D eigenvalue weighted by Gasteiger charge is 2.15. The number of pyridine rings is 1. The fourth-order valence-corrected chi connectivity index (χ4v) is 3.05. The van der Waals surface area contributed by atoms with Crippen LogP contribution in [0.3, 0.4) is 0 Å². The van der Waals surface area contributed by atoms with E-state index in [0.717, 1.165) is 41.7 Å². The molecule has 1 aliphatic rings. The molecule has 0 spiro atoms. The molecule has 0 bridgehead atoms. The summed E-state index contributed by atoms with van der Waals surface area (Å²) in [7, 11) is 0. The second-order valence-corrected chi connectivity index (χ2v) is 6.03. The van der Waals surface area contributed by atoms with Gasteiger partial charge in [-0.15, -0.1) is 0 Å². The zero-order valence-corrected chi connectivity index (χ0v) is 12.6. The van der Waals surface area contributed by atoms with E-state index in [0.29, 0.717) is 12.3 Å². The number of hydrogen-bond donors (Lipinski definition) is 1. The van der Waals surface area contributed by atoms with Gasteiger partial charge in [-0.1, -0.05) is 6.07 Å². The van der Waals surface area contributed by atoms with Crippen LogP contribution in [0.1, 0.15) is 41.7 Å². The minimum atomic E-state index is 0.253. The van der Waals surface area contributed by atoms with Crippen LogP contribution in [0, 0.1) is 12.8 Å². The number of carbonyl (C=O) groups is 1. The predicted molar refractivity (Wildman–Crippen MR) is 85.6 cm³/mol. The molecule has 2 aromatic rings. The van der Waals surface area contributed by atoms with Crippen LogP contribution >= 0.6 is 0 Å². The van der Waals surface area contributed by atoms with Crippen LogP contribution in [0.15, 0.2) is 30.3 Å². The van der Waals surface area contributed by atoms with Crippen molar-refractivity contribution < 1.29 is 4.79 Å². The number of ketones is 1. The van der Waals surface area contributed by atoms with E-state index in [-0.39, 0.29) is 5.78 Å². The SMILES string of the molecule is Cc1ccc2cc(C(=O)CCC3CCCNC3)ccc2n1. The van der Waals surface area contributed by atoms with Gasteiger partial charge in [0, 0.05) is 23.1 Å². The van der Waals surface area contributed by atoms with E-state index in [1.54, 1.807) is 0 Å². The van der Waals surface area contributed by atoms with Gasteiger partial charge in [0.2, 0.25) is 0 Å². The first-order chi connectivity index (χ1) is 10.2. The van der Waals surface area contributed by atoms with Crippen LogP contribution in [0.2, 0.25) is 0 Å². The van der Waals surface area contributed by atoms with Crippen LogP contribution < -0.4 is 5.32 Å². The highest BCUT2D eigenvalue weighted by atomic mass is 16.1. The Hall–Kier alpha value is -1.74. The van der Waals surface area contributed by atoms with Crippen molar-refractivity contribution in [3.63, 3.8) is 0 Å². The smallest absolute Gasteiger partial charge is 0.162 e. The number of fused-ring (bicyclic) bond motifs is 1. The highest BCUT2D eigenvalue weighted by molar-refractivity contribution is 5.99. The Kier molecular flexibility index (Phi) is 4.30. The first-order valence-corrected chi connectivity index (χ1v) is 7.84. The Bertz CT molecular complexity index is 645. The molecular formula is C18H22N2O. The van der Waals surface area contributed by atoms with Crippen LogP contribution in [0.25, 0.3) is 10.9 Å². The zero-order chi connectivity index (χ0) is 14.7. The van der Waals surface area contributed by atoms with Crippen LogP contribution in [-0.4, -0.2) is 23.9 Å². The molecule has 0 aliphatic carbocycles. The number of rotatable bonds is 4. The first kappa shape index (κ1) is 14.2. The molecule has 0 amide bonds. The average molecular weight is 282 g/mol. The van der Waals surface area contributed by atoms with Gasteiger partial charge in [0.25, 0.3) is 0 Å². The molecule has 2 heterocycles. The third-order valence-corrected chi connectivity index (χ3v) is 4.33. The van der Waals surface area contributed by atoms with Crippen molar-refractivity contribution in [1.82, 2.24) is 10.3 Å². The van der Waals surface area contributed by atoms with Crippen LogP contribution in [0.5, 0.6) is 0 Å².